The molecular formula is C22H19BrClFN2O5S. The van der Waals surface area contributed by atoms with Gasteiger partial charge in [-0.2, -0.15) is 0 Å². The van der Waals surface area contributed by atoms with Gasteiger partial charge in [0.15, 0.2) is 11.5 Å². The Hall–Kier alpha value is -2.82. The van der Waals surface area contributed by atoms with Crippen LogP contribution >= 0.6 is 27.5 Å². The van der Waals surface area contributed by atoms with E-state index in [1.807, 2.05) is 0 Å². The van der Waals surface area contributed by atoms with Gasteiger partial charge in [0.25, 0.3) is 10.0 Å². The highest BCUT2D eigenvalue weighted by molar-refractivity contribution is 9.10. The molecule has 7 nitrogen and oxygen atoms in total. The zero-order valence-electron chi connectivity index (χ0n) is 17.5. The first kappa shape index (κ1) is 24.8. The number of ether oxygens (including phenoxy) is 2. The molecule has 33 heavy (non-hydrogen) atoms. The van der Waals surface area contributed by atoms with Crippen molar-refractivity contribution in [2.45, 2.75) is 4.90 Å². The smallest absolute Gasteiger partial charge is 0.264 e. The SMILES string of the molecule is COc1ccc(S(=O)(=O)N(CC(=O)Nc2ccc(Br)cc2F)c2ccc(Cl)cc2)cc1OC. The summed E-state index contributed by atoms with van der Waals surface area (Å²) < 4.78 is 53.0. The predicted octanol–water partition coefficient (Wildman–Crippen LogP) is 5.09. The minimum atomic E-state index is -4.24. The molecule has 174 valence electrons. The van der Waals surface area contributed by atoms with Crippen LogP contribution in [0.3, 0.4) is 0 Å². The Bertz CT molecular complexity index is 1270. The number of nitrogens with one attached hydrogen (secondary N) is 1. The van der Waals surface area contributed by atoms with Gasteiger partial charge < -0.3 is 14.8 Å². The first-order valence-corrected chi connectivity index (χ1v) is 12.0. The van der Waals surface area contributed by atoms with E-state index in [4.69, 9.17) is 21.1 Å². The van der Waals surface area contributed by atoms with Crippen LogP contribution in [-0.2, 0) is 14.8 Å². The minimum absolute atomic E-state index is 0.0808. The summed E-state index contributed by atoms with van der Waals surface area (Å²) in [4.78, 5) is 12.6. The van der Waals surface area contributed by atoms with E-state index >= 15 is 0 Å². The second-order valence-corrected chi connectivity index (χ2v) is 9.89. The van der Waals surface area contributed by atoms with E-state index in [-0.39, 0.29) is 22.0 Å². The van der Waals surface area contributed by atoms with Crippen molar-refractivity contribution in [3.63, 3.8) is 0 Å². The number of sulfonamides is 1. The zero-order valence-corrected chi connectivity index (χ0v) is 20.7. The molecule has 1 amide bonds. The fourth-order valence-corrected chi connectivity index (χ4v) is 4.83. The van der Waals surface area contributed by atoms with Crippen LogP contribution < -0.4 is 19.1 Å². The van der Waals surface area contributed by atoms with Crippen LogP contribution in [0.2, 0.25) is 5.02 Å². The van der Waals surface area contributed by atoms with Gasteiger partial charge >= 0.3 is 0 Å². The fraction of sp³-hybridized carbons (Fsp3) is 0.136. The lowest BCUT2D eigenvalue weighted by atomic mass is 10.3. The Morgan fingerprint density at radius 3 is 2.30 bits per heavy atom. The average molecular weight is 558 g/mol. The van der Waals surface area contributed by atoms with E-state index in [0.29, 0.717) is 15.2 Å². The number of amides is 1. The number of halogens is 3. The molecular weight excluding hydrogens is 539 g/mol. The summed E-state index contributed by atoms with van der Waals surface area (Å²) in [7, 11) is -1.43. The Balaban J connectivity index is 1.99. The van der Waals surface area contributed by atoms with Crippen molar-refractivity contribution < 1.29 is 27.1 Å². The molecule has 0 heterocycles. The molecule has 0 bridgehead atoms. The number of carbonyl (C=O) groups is 1. The maximum Gasteiger partial charge on any atom is 0.264 e. The van der Waals surface area contributed by atoms with Gasteiger partial charge in [0.2, 0.25) is 5.91 Å². The maximum atomic E-state index is 14.2. The zero-order chi connectivity index (χ0) is 24.2. The van der Waals surface area contributed by atoms with E-state index in [9.17, 15) is 17.6 Å². The molecule has 0 saturated heterocycles. The van der Waals surface area contributed by atoms with Crippen LogP contribution in [-0.4, -0.2) is 35.1 Å². The van der Waals surface area contributed by atoms with Crippen LogP contribution in [0.4, 0.5) is 15.8 Å². The van der Waals surface area contributed by atoms with E-state index in [0.717, 1.165) is 4.31 Å². The van der Waals surface area contributed by atoms with Gasteiger partial charge in [0.1, 0.15) is 12.4 Å². The van der Waals surface area contributed by atoms with Crippen molar-refractivity contribution in [3.05, 3.63) is 76.0 Å². The van der Waals surface area contributed by atoms with Crippen molar-refractivity contribution in [1.82, 2.24) is 0 Å². The van der Waals surface area contributed by atoms with Crippen LogP contribution in [0.1, 0.15) is 0 Å². The third-order valence-electron chi connectivity index (χ3n) is 4.55. The molecule has 0 unspecified atom stereocenters. The molecule has 0 aromatic heterocycles. The third kappa shape index (κ3) is 5.76. The van der Waals surface area contributed by atoms with Gasteiger partial charge in [0.05, 0.1) is 30.5 Å². The molecule has 0 saturated carbocycles. The summed E-state index contributed by atoms with van der Waals surface area (Å²) >= 11 is 9.08. The predicted molar refractivity (Wildman–Crippen MR) is 128 cm³/mol. The summed E-state index contributed by atoms with van der Waals surface area (Å²) in [6.45, 7) is -0.617. The molecule has 0 aliphatic rings. The van der Waals surface area contributed by atoms with Crippen LogP contribution in [0, 0.1) is 5.82 Å². The fourth-order valence-electron chi connectivity index (χ4n) is 2.94. The quantitative estimate of drug-likeness (QED) is 0.417. The largest absolute Gasteiger partial charge is 0.493 e. The summed E-state index contributed by atoms with van der Waals surface area (Å²) in [5.41, 5.74) is 0.114. The molecule has 11 heteroatoms. The molecule has 1 N–H and O–H groups in total. The number of anilines is 2. The minimum Gasteiger partial charge on any atom is -0.493 e. The summed E-state index contributed by atoms with van der Waals surface area (Å²) in [6, 6.07) is 14.1. The maximum absolute atomic E-state index is 14.2. The van der Waals surface area contributed by atoms with Gasteiger partial charge in [-0.05, 0) is 54.6 Å². The lowest BCUT2D eigenvalue weighted by Gasteiger charge is -2.24. The van der Waals surface area contributed by atoms with Crippen molar-refractivity contribution >= 4 is 54.8 Å². The summed E-state index contributed by atoms with van der Waals surface area (Å²) in [6.07, 6.45) is 0. The number of hydrogen-bond acceptors (Lipinski definition) is 5. The van der Waals surface area contributed by atoms with Gasteiger partial charge in [-0.15, -0.1) is 0 Å². The molecule has 0 aliphatic carbocycles. The summed E-state index contributed by atoms with van der Waals surface area (Å²) in [5, 5.41) is 2.79. The number of methoxy groups -OCH3 is 2. The molecule has 0 atom stereocenters. The van der Waals surface area contributed by atoms with Crippen LogP contribution in [0.15, 0.2) is 70.0 Å². The van der Waals surface area contributed by atoms with E-state index in [1.165, 1.54) is 68.8 Å². The summed E-state index contributed by atoms with van der Waals surface area (Å²) in [5.74, 6) is -0.859. The molecule has 3 aromatic rings. The number of benzene rings is 3. The molecule has 0 aliphatic heterocycles. The van der Waals surface area contributed by atoms with Gasteiger partial charge in [0, 0.05) is 15.6 Å². The highest BCUT2D eigenvalue weighted by Gasteiger charge is 2.28. The number of rotatable bonds is 8. The second kappa shape index (κ2) is 10.4. The Morgan fingerprint density at radius 2 is 1.70 bits per heavy atom. The Kier molecular flexibility index (Phi) is 7.83. The number of nitrogens with zero attached hydrogens (tertiary/aromatic N) is 1. The van der Waals surface area contributed by atoms with E-state index in [2.05, 4.69) is 21.2 Å². The van der Waals surface area contributed by atoms with Gasteiger partial charge in [-0.25, -0.2) is 12.8 Å². The van der Waals surface area contributed by atoms with Crippen molar-refractivity contribution in [2.24, 2.45) is 0 Å². The first-order chi connectivity index (χ1) is 15.6. The van der Waals surface area contributed by atoms with Crippen LogP contribution in [0.5, 0.6) is 11.5 Å². The van der Waals surface area contributed by atoms with Crippen molar-refractivity contribution in [1.29, 1.82) is 0 Å². The van der Waals surface area contributed by atoms with Gasteiger partial charge in [-0.1, -0.05) is 27.5 Å². The van der Waals surface area contributed by atoms with Crippen LogP contribution in [0.25, 0.3) is 0 Å². The lowest BCUT2D eigenvalue weighted by Crippen LogP contribution is -2.38. The first-order valence-electron chi connectivity index (χ1n) is 9.41. The highest BCUT2D eigenvalue weighted by atomic mass is 79.9. The monoisotopic (exact) mass is 556 g/mol. The number of carbonyl (C=O) groups excluding carboxylic acids is 1. The van der Waals surface area contributed by atoms with E-state index in [1.54, 1.807) is 6.07 Å². The van der Waals surface area contributed by atoms with Crippen molar-refractivity contribution in [3.8, 4) is 11.5 Å². The molecule has 3 aromatic carbocycles. The molecule has 3 rings (SSSR count). The van der Waals surface area contributed by atoms with Gasteiger partial charge in [-0.3, -0.25) is 9.10 Å². The molecule has 0 fully saturated rings. The second-order valence-electron chi connectivity index (χ2n) is 6.68. The topological polar surface area (TPSA) is 84.9 Å². The normalized spacial score (nSPS) is 11.1. The Morgan fingerprint density at radius 1 is 1.03 bits per heavy atom. The molecule has 0 radical (unpaired) electrons. The standard InChI is InChI=1S/C22H19BrClFN2O5S/c1-31-20-10-8-17(12-21(20)32-2)33(29,30)27(16-6-4-15(24)5-7-16)13-22(28)26-19-9-3-14(23)11-18(19)25/h3-12H,13H2,1-2H3,(H,26,28). The Labute approximate surface area is 204 Å². The molecule has 0 spiro atoms. The highest BCUT2D eigenvalue weighted by Crippen LogP contribution is 2.32. The number of hydrogen-bond donors (Lipinski definition) is 1. The van der Waals surface area contributed by atoms with E-state index < -0.39 is 28.3 Å². The average Bonchev–Trinajstić information content (AvgIpc) is 2.79. The lowest BCUT2D eigenvalue weighted by molar-refractivity contribution is -0.114. The third-order valence-corrected chi connectivity index (χ3v) is 7.07. The van der Waals surface area contributed by atoms with Crippen molar-refractivity contribution in [2.75, 3.05) is 30.4 Å².